The van der Waals surface area contributed by atoms with Gasteiger partial charge in [0, 0.05) is 49.4 Å². The Morgan fingerprint density at radius 3 is 1.95 bits per heavy atom. The van der Waals surface area contributed by atoms with Crippen LogP contribution in [-0.4, -0.2) is 139 Å². The first-order chi connectivity index (χ1) is 36.3. The van der Waals surface area contributed by atoms with Crippen molar-refractivity contribution in [1.29, 1.82) is 0 Å². The number of unbranched alkanes of at least 4 members (excludes halogenated alkanes) is 1. The Bertz CT molecular complexity index is 2520. The molecule has 11 N–H and O–H groups in total. The number of nitrogens with two attached hydrogens (primary N) is 1. The molecule has 7 atom stereocenters. The smallest absolute Gasteiger partial charge is 0.333 e. The maximum Gasteiger partial charge on any atom is 0.333 e. The number of imide groups is 1. The van der Waals surface area contributed by atoms with Gasteiger partial charge in [-0.25, -0.2) is 17.9 Å². The summed E-state index contributed by atoms with van der Waals surface area (Å²) in [5, 5.41) is 38.4. The monoisotopic (exact) mass is 1110 g/mol. The van der Waals surface area contributed by atoms with E-state index in [1.165, 1.54) is 42.2 Å². The number of likely N-dealkylation sites (N-methyl/N-ethyl adjacent to an activating group) is 2. The van der Waals surface area contributed by atoms with Crippen LogP contribution in [0.3, 0.4) is 0 Å². The summed E-state index contributed by atoms with van der Waals surface area (Å²) in [6, 6.07) is 10.1. The van der Waals surface area contributed by atoms with E-state index in [0.29, 0.717) is 5.06 Å². The summed E-state index contributed by atoms with van der Waals surface area (Å²) in [6.45, 7) is 18.2. The van der Waals surface area contributed by atoms with E-state index in [1.807, 2.05) is 78.8 Å². The number of nitrogens with zero attached hydrogens (tertiary/aromatic N) is 2. The summed E-state index contributed by atoms with van der Waals surface area (Å²) in [5.41, 5.74) is 5.08. The second-order valence-corrected chi connectivity index (χ2v) is 23.6. The van der Waals surface area contributed by atoms with Gasteiger partial charge in [-0.2, -0.15) is 0 Å². The molecule has 2 aromatic carbocycles. The molecule has 0 saturated carbocycles. The fourth-order valence-electron chi connectivity index (χ4n) is 8.75. The first-order valence-corrected chi connectivity index (χ1v) is 27.7. The van der Waals surface area contributed by atoms with Crippen molar-refractivity contribution in [2.75, 3.05) is 26.0 Å². The van der Waals surface area contributed by atoms with Crippen LogP contribution in [0.25, 0.3) is 0 Å². The summed E-state index contributed by atoms with van der Waals surface area (Å²) in [4.78, 5) is 110. The normalized spacial score (nSPS) is 16.2. The molecule has 1 aliphatic rings. The number of rotatable bonds is 30. The zero-order valence-corrected chi connectivity index (χ0v) is 47.9. The third kappa shape index (κ3) is 19.6. The van der Waals surface area contributed by atoms with Crippen molar-refractivity contribution in [3.63, 3.8) is 0 Å². The fourth-order valence-corrected chi connectivity index (χ4v) is 9.77. The van der Waals surface area contributed by atoms with E-state index in [1.54, 1.807) is 27.9 Å². The highest BCUT2D eigenvalue weighted by atomic mass is 32.2. The largest absolute Gasteiger partial charge is 0.376 e. The van der Waals surface area contributed by atoms with Crippen molar-refractivity contribution in [3.05, 3.63) is 71.8 Å². The van der Waals surface area contributed by atoms with Crippen LogP contribution in [0.15, 0.2) is 71.1 Å². The topological polar surface area (TPSA) is 337 Å². The standard InChI is InChI=1S/C54H84N10O13S/c1-32(2)39(63(12)51(73)46(53(6,7)8)61-50(72)45(56-11)54(9,10)35-19-14-13-15-20-35)31-34(5)47(69)62-78(75,76)37-26-24-36(25-27-37)58-48(70)38(21-18-30-57-52(55)74)59-49(71)44(33(3)4)60-40(65)22-16-17-23-43(68)77-64-41(66)28-29-42(64)67/h13-15,19-20,24-27,31-33,38-39,44-46,49,52,56-57,59,71,74H,16-18,21-23,28-30,55H2,1-12H3,(H,58,70)(H,60,65)(H,61,72)(H,62,69)/b34-31+/t38-,39+,44-,45+,46+,49?,52?/m0/s1. The maximum atomic E-state index is 14.4. The number of aliphatic hydroxyl groups excluding tert-OH is 2. The number of anilines is 1. The number of nitrogens with one attached hydrogen (secondary N) is 7. The second kappa shape index (κ2) is 29.7. The lowest BCUT2D eigenvalue weighted by Crippen LogP contribution is -2.61. The highest BCUT2D eigenvalue weighted by molar-refractivity contribution is 7.90. The molecule has 2 aromatic rings. The van der Waals surface area contributed by atoms with Crippen molar-refractivity contribution in [2.45, 2.75) is 174 Å². The lowest BCUT2D eigenvalue weighted by Gasteiger charge is -2.40. The van der Waals surface area contributed by atoms with E-state index in [0.717, 1.165) is 5.56 Å². The number of benzene rings is 2. The number of hydrogen-bond acceptors (Lipinski definition) is 17. The van der Waals surface area contributed by atoms with Gasteiger partial charge in [0.2, 0.25) is 23.6 Å². The summed E-state index contributed by atoms with van der Waals surface area (Å²) < 4.78 is 29.2. The van der Waals surface area contributed by atoms with Gasteiger partial charge in [0.1, 0.15) is 12.3 Å². The van der Waals surface area contributed by atoms with E-state index in [2.05, 4.69) is 36.6 Å². The summed E-state index contributed by atoms with van der Waals surface area (Å²) >= 11 is 0. The average molecular weight is 1110 g/mol. The second-order valence-electron chi connectivity index (χ2n) is 21.9. The number of carbonyl (C=O) groups excluding carboxylic acids is 8. The van der Waals surface area contributed by atoms with Crippen LogP contribution >= 0.6 is 0 Å². The predicted molar refractivity (Wildman–Crippen MR) is 292 cm³/mol. The van der Waals surface area contributed by atoms with Crippen LogP contribution in [0.5, 0.6) is 0 Å². The van der Waals surface area contributed by atoms with Crippen molar-refractivity contribution >= 4 is 63.0 Å². The number of hydroxylamine groups is 2. The molecule has 0 aliphatic carbocycles. The molecule has 23 nitrogen and oxygen atoms in total. The number of hydrogen-bond donors (Lipinski definition) is 10. The van der Waals surface area contributed by atoms with Gasteiger partial charge in [-0.05, 0) is 93.3 Å². The summed E-state index contributed by atoms with van der Waals surface area (Å²) in [6.07, 6.45) is -0.722. The number of sulfonamides is 1. The van der Waals surface area contributed by atoms with Crippen molar-refractivity contribution in [3.8, 4) is 0 Å². The minimum absolute atomic E-state index is 0.000893. The maximum absolute atomic E-state index is 14.4. The average Bonchev–Trinajstić information content (AvgIpc) is 3.67. The lowest BCUT2D eigenvalue weighted by atomic mass is 9.76. The summed E-state index contributed by atoms with van der Waals surface area (Å²) in [5.74, 6) is -5.45. The van der Waals surface area contributed by atoms with E-state index in [-0.39, 0.29) is 91.8 Å². The Kier molecular flexibility index (Phi) is 25.2. The Balaban J connectivity index is 1.70. The molecule has 0 bridgehead atoms. The van der Waals surface area contributed by atoms with Gasteiger partial charge in [-0.15, -0.1) is 5.06 Å². The molecule has 0 spiro atoms. The van der Waals surface area contributed by atoms with E-state index < -0.39 is 105 Å². The predicted octanol–water partition coefficient (Wildman–Crippen LogP) is 2.15. The molecular formula is C54H84N10O13S. The van der Waals surface area contributed by atoms with Crippen LogP contribution in [0.4, 0.5) is 5.69 Å². The highest BCUT2D eigenvalue weighted by Gasteiger charge is 2.42. The number of carbonyl (C=O) groups is 8. The molecule has 2 unspecified atom stereocenters. The van der Waals surface area contributed by atoms with Crippen molar-refractivity contribution < 1.29 is 61.8 Å². The molecule has 1 heterocycles. The van der Waals surface area contributed by atoms with Crippen LogP contribution in [0.2, 0.25) is 0 Å². The van der Waals surface area contributed by atoms with Crippen LogP contribution in [-0.2, 0) is 58.6 Å². The van der Waals surface area contributed by atoms with Crippen molar-refractivity contribution in [1.82, 2.24) is 41.3 Å². The molecule has 0 aromatic heterocycles. The first kappa shape index (κ1) is 66.1. The van der Waals surface area contributed by atoms with Crippen LogP contribution < -0.4 is 42.4 Å². The highest BCUT2D eigenvalue weighted by Crippen LogP contribution is 2.29. The Morgan fingerprint density at radius 2 is 1.41 bits per heavy atom. The molecule has 1 aliphatic heterocycles. The lowest BCUT2D eigenvalue weighted by molar-refractivity contribution is -0.197. The van der Waals surface area contributed by atoms with Gasteiger partial charge in [0.25, 0.3) is 27.7 Å². The van der Waals surface area contributed by atoms with E-state index in [9.17, 15) is 57.0 Å². The van der Waals surface area contributed by atoms with Crippen LogP contribution in [0.1, 0.15) is 126 Å². The van der Waals surface area contributed by atoms with Gasteiger partial charge >= 0.3 is 5.97 Å². The molecule has 1 fully saturated rings. The van der Waals surface area contributed by atoms with Gasteiger partial charge in [0.05, 0.1) is 29.1 Å². The first-order valence-electron chi connectivity index (χ1n) is 26.3. The van der Waals surface area contributed by atoms with Gasteiger partial charge < -0.3 is 41.2 Å². The Morgan fingerprint density at radius 1 is 0.821 bits per heavy atom. The quantitative estimate of drug-likeness (QED) is 0.0232. The Hall–Kier alpha value is -6.15. The molecule has 78 heavy (non-hydrogen) atoms. The third-order valence-electron chi connectivity index (χ3n) is 13.4. The number of aliphatic hydroxyl groups is 2. The van der Waals surface area contributed by atoms with Gasteiger partial charge in [0.15, 0.2) is 6.35 Å². The molecule has 434 valence electrons. The summed E-state index contributed by atoms with van der Waals surface area (Å²) in [7, 11) is -1.23. The molecule has 24 heteroatoms. The number of amides is 7. The SMILES string of the molecule is CN[C@H](C(=O)N[C@H](C(=O)N(C)[C@H](/C=C(\C)C(=O)NS(=O)(=O)c1ccc(NC(=O)[C@H](CCCNC(N)O)NC(O)[C@@H](NC(=O)CCCCC(=O)ON2C(=O)CCC2=O)C(C)C)cc1)C(C)C)C(C)(C)C)C(C)(C)c1ccccc1. The molecule has 3 rings (SSSR count). The minimum Gasteiger partial charge on any atom is -0.376 e. The van der Waals surface area contributed by atoms with E-state index in [4.69, 9.17) is 10.6 Å². The Labute approximate surface area is 459 Å². The fraction of sp³-hybridized carbons (Fsp3) is 0.593. The molecule has 0 radical (unpaired) electrons. The van der Waals surface area contributed by atoms with Crippen LogP contribution in [0, 0.1) is 17.3 Å². The zero-order chi connectivity index (χ0) is 58.9. The molecular weight excluding hydrogens is 1030 g/mol. The van der Waals surface area contributed by atoms with Gasteiger partial charge in [-0.3, -0.25) is 49.9 Å². The zero-order valence-electron chi connectivity index (χ0n) is 47.1. The third-order valence-corrected chi connectivity index (χ3v) is 14.8. The molecule has 7 amide bonds. The molecule has 1 saturated heterocycles. The van der Waals surface area contributed by atoms with Crippen molar-refractivity contribution in [2.24, 2.45) is 23.0 Å². The van der Waals surface area contributed by atoms with Gasteiger partial charge in [-0.1, -0.05) is 98.7 Å². The minimum atomic E-state index is -4.48. The van der Waals surface area contributed by atoms with E-state index >= 15 is 0 Å².